The molecule has 0 aliphatic carbocycles. The second-order valence-electron chi connectivity index (χ2n) is 4.65. The summed E-state index contributed by atoms with van der Waals surface area (Å²) in [6, 6.07) is 8.40. The molecule has 1 aromatic rings. The first-order valence-corrected chi connectivity index (χ1v) is 6.74. The Balaban J connectivity index is 1.72. The Hall–Kier alpha value is -0.570. The Morgan fingerprint density at radius 2 is 2.18 bits per heavy atom. The number of nitrogens with one attached hydrogen (secondary N) is 1. The van der Waals surface area contributed by atoms with Crippen molar-refractivity contribution in [1.29, 1.82) is 0 Å². The summed E-state index contributed by atoms with van der Waals surface area (Å²) >= 11 is 5.87. The van der Waals surface area contributed by atoms with Gasteiger partial charge in [-0.05, 0) is 50.4 Å². The van der Waals surface area contributed by atoms with Crippen LogP contribution in [0.2, 0.25) is 5.02 Å². The zero-order valence-corrected chi connectivity index (χ0v) is 11.0. The third-order valence-corrected chi connectivity index (χ3v) is 3.56. The molecule has 1 aliphatic heterocycles. The van der Waals surface area contributed by atoms with Crippen molar-refractivity contribution in [3.8, 4) is 0 Å². The molecule has 1 saturated heterocycles. The van der Waals surface area contributed by atoms with Crippen LogP contribution < -0.4 is 5.32 Å². The van der Waals surface area contributed by atoms with Gasteiger partial charge in [-0.3, -0.25) is 0 Å². The summed E-state index contributed by atoms with van der Waals surface area (Å²) in [6.45, 7) is 4.13. The van der Waals surface area contributed by atoms with E-state index in [1.165, 1.54) is 18.4 Å². The van der Waals surface area contributed by atoms with Crippen molar-refractivity contribution >= 4 is 11.6 Å². The molecule has 1 N–H and O–H groups in total. The highest BCUT2D eigenvalue weighted by molar-refractivity contribution is 6.30. The van der Waals surface area contributed by atoms with Crippen LogP contribution >= 0.6 is 11.6 Å². The molecule has 2 atom stereocenters. The second-order valence-corrected chi connectivity index (χ2v) is 5.09. The van der Waals surface area contributed by atoms with Crippen molar-refractivity contribution in [2.45, 2.75) is 38.3 Å². The van der Waals surface area contributed by atoms with Crippen molar-refractivity contribution in [2.75, 3.05) is 13.2 Å². The van der Waals surface area contributed by atoms with Gasteiger partial charge in [0.2, 0.25) is 0 Å². The van der Waals surface area contributed by atoms with E-state index < -0.39 is 0 Å². The van der Waals surface area contributed by atoms with E-state index in [9.17, 15) is 0 Å². The van der Waals surface area contributed by atoms with E-state index in [0.717, 1.165) is 24.6 Å². The van der Waals surface area contributed by atoms with Gasteiger partial charge in [-0.25, -0.2) is 0 Å². The molecule has 17 heavy (non-hydrogen) atoms. The Labute approximate surface area is 108 Å². The van der Waals surface area contributed by atoms with Gasteiger partial charge in [0.25, 0.3) is 0 Å². The van der Waals surface area contributed by atoms with Gasteiger partial charge in [-0.2, -0.15) is 0 Å². The van der Waals surface area contributed by atoms with Gasteiger partial charge in [-0.15, -0.1) is 0 Å². The van der Waals surface area contributed by atoms with Gasteiger partial charge in [0.05, 0.1) is 6.10 Å². The summed E-state index contributed by atoms with van der Waals surface area (Å²) in [5.74, 6) is 0. The summed E-state index contributed by atoms with van der Waals surface area (Å²) in [4.78, 5) is 0. The third-order valence-electron chi connectivity index (χ3n) is 3.31. The van der Waals surface area contributed by atoms with Crippen molar-refractivity contribution < 1.29 is 4.74 Å². The van der Waals surface area contributed by atoms with E-state index >= 15 is 0 Å². The summed E-state index contributed by atoms with van der Waals surface area (Å²) in [5.41, 5.74) is 1.28. The first kappa shape index (κ1) is 12.9. The summed E-state index contributed by atoms with van der Waals surface area (Å²) in [6.07, 6.45) is 4.02. The molecule has 1 fully saturated rings. The highest BCUT2D eigenvalue weighted by atomic mass is 35.5. The first-order valence-electron chi connectivity index (χ1n) is 6.36. The van der Waals surface area contributed by atoms with E-state index in [1.807, 2.05) is 12.1 Å². The molecule has 0 radical (unpaired) electrons. The van der Waals surface area contributed by atoms with E-state index in [1.54, 1.807) is 0 Å². The fourth-order valence-corrected chi connectivity index (χ4v) is 2.33. The quantitative estimate of drug-likeness (QED) is 0.866. The number of benzene rings is 1. The predicted octanol–water partition coefficient (Wildman–Crippen LogP) is 3.56. The average molecular weight is 254 g/mol. The number of ether oxygens (including phenoxy) is 1. The van der Waals surface area contributed by atoms with Crippen LogP contribution in [-0.4, -0.2) is 19.3 Å². The van der Waals surface area contributed by atoms with Crippen LogP contribution in [0.25, 0.3) is 0 Å². The van der Waals surface area contributed by atoms with Crippen molar-refractivity contribution in [3.05, 3.63) is 34.9 Å². The van der Waals surface area contributed by atoms with E-state index in [0.29, 0.717) is 12.1 Å². The standard InChI is InChI=1S/C14H20ClNO/c1-11(12-4-6-13(15)7-5-12)16-9-8-14-3-2-10-17-14/h4-7,11,14,16H,2-3,8-10H2,1H3/t11-,14?/m0/s1. The molecule has 1 unspecified atom stereocenters. The number of hydrogen-bond donors (Lipinski definition) is 1. The SMILES string of the molecule is C[C@H](NCCC1CCCO1)c1ccc(Cl)cc1. The largest absolute Gasteiger partial charge is 0.378 e. The Kier molecular flexibility index (Phi) is 4.84. The van der Waals surface area contributed by atoms with Crippen LogP contribution in [0, 0.1) is 0 Å². The van der Waals surface area contributed by atoms with Crippen molar-refractivity contribution in [1.82, 2.24) is 5.32 Å². The predicted molar refractivity (Wildman–Crippen MR) is 71.5 cm³/mol. The van der Waals surface area contributed by atoms with Crippen LogP contribution in [0.1, 0.15) is 37.8 Å². The molecule has 0 bridgehead atoms. The lowest BCUT2D eigenvalue weighted by Gasteiger charge is -2.16. The molecule has 0 saturated carbocycles. The van der Waals surface area contributed by atoms with Crippen molar-refractivity contribution in [2.24, 2.45) is 0 Å². The molecule has 2 rings (SSSR count). The minimum absolute atomic E-state index is 0.369. The summed E-state index contributed by atoms with van der Waals surface area (Å²) in [7, 11) is 0. The maximum absolute atomic E-state index is 5.87. The fourth-order valence-electron chi connectivity index (χ4n) is 2.20. The number of halogens is 1. The fraction of sp³-hybridized carbons (Fsp3) is 0.571. The molecular weight excluding hydrogens is 234 g/mol. The average Bonchev–Trinajstić information content (AvgIpc) is 2.83. The lowest BCUT2D eigenvalue weighted by Crippen LogP contribution is -2.23. The smallest absolute Gasteiger partial charge is 0.0588 e. The number of rotatable bonds is 5. The van der Waals surface area contributed by atoms with Gasteiger partial charge < -0.3 is 10.1 Å². The highest BCUT2D eigenvalue weighted by Gasteiger charge is 2.15. The zero-order chi connectivity index (χ0) is 12.1. The third kappa shape index (κ3) is 3.98. The molecule has 1 aromatic carbocycles. The highest BCUT2D eigenvalue weighted by Crippen LogP contribution is 2.17. The van der Waals surface area contributed by atoms with Gasteiger partial charge >= 0.3 is 0 Å². The Morgan fingerprint density at radius 3 is 2.82 bits per heavy atom. The Morgan fingerprint density at radius 1 is 1.41 bits per heavy atom. The molecular formula is C14H20ClNO. The van der Waals surface area contributed by atoms with Crippen LogP contribution in [0.3, 0.4) is 0 Å². The van der Waals surface area contributed by atoms with Crippen molar-refractivity contribution in [3.63, 3.8) is 0 Å². The Bertz CT molecular complexity index is 333. The minimum Gasteiger partial charge on any atom is -0.378 e. The molecule has 1 heterocycles. The molecule has 0 spiro atoms. The molecule has 3 heteroatoms. The summed E-state index contributed by atoms with van der Waals surface area (Å²) in [5, 5.41) is 4.31. The van der Waals surface area contributed by atoms with Crippen LogP contribution in [0.4, 0.5) is 0 Å². The van der Waals surface area contributed by atoms with Gasteiger partial charge in [0, 0.05) is 17.7 Å². The van der Waals surface area contributed by atoms with Crippen LogP contribution in [-0.2, 0) is 4.74 Å². The van der Waals surface area contributed by atoms with Gasteiger partial charge in [-0.1, -0.05) is 23.7 Å². The minimum atomic E-state index is 0.369. The summed E-state index contributed by atoms with van der Waals surface area (Å²) < 4.78 is 5.60. The van der Waals surface area contributed by atoms with Gasteiger partial charge in [0.15, 0.2) is 0 Å². The van der Waals surface area contributed by atoms with E-state index in [4.69, 9.17) is 16.3 Å². The second kappa shape index (κ2) is 6.39. The molecule has 2 nitrogen and oxygen atoms in total. The zero-order valence-electron chi connectivity index (χ0n) is 10.3. The lowest BCUT2D eigenvalue weighted by molar-refractivity contribution is 0.103. The molecule has 1 aliphatic rings. The molecule has 94 valence electrons. The topological polar surface area (TPSA) is 21.3 Å². The van der Waals surface area contributed by atoms with E-state index in [2.05, 4.69) is 24.4 Å². The van der Waals surface area contributed by atoms with Crippen LogP contribution in [0.15, 0.2) is 24.3 Å². The maximum Gasteiger partial charge on any atom is 0.0588 e. The monoisotopic (exact) mass is 253 g/mol. The normalized spacial score (nSPS) is 21.6. The molecule has 0 amide bonds. The molecule has 0 aromatic heterocycles. The first-order chi connectivity index (χ1) is 8.25. The number of hydrogen-bond acceptors (Lipinski definition) is 2. The lowest BCUT2D eigenvalue weighted by atomic mass is 10.1. The maximum atomic E-state index is 5.87. The van der Waals surface area contributed by atoms with Gasteiger partial charge in [0.1, 0.15) is 0 Å². The van der Waals surface area contributed by atoms with E-state index in [-0.39, 0.29) is 0 Å². The van der Waals surface area contributed by atoms with Crippen LogP contribution in [0.5, 0.6) is 0 Å².